The SMILES string of the molecule is Nc1nc(-c2nn(Cc3ccccc3F)c3c2CCC3)nc(N)c1N. The molecule has 0 atom stereocenters. The average Bonchev–Trinajstić information content (AvgIpc) is 3.18. The van der Waals surface area contributed by atoms with Crippen molar-refractivity contribution in [1.82, 2.24) is 19.7 Å². The molecular weight excluding hydrogens is 321 g/mol. The molecule has 0 saturated carbocycles. The van der Waals surface area contributed by atoms with Crippen LogP contribution in [0.5, 0.6) is 0 Å². The molecule has 1 aromatic carbocycles. The highest BCUT2D eigenvalue weighted by molar-refractivity contribution is 5.74. The van der Waals surface area contributed by atoms with Gasteiger partial charge in [0.2, 0.25) is 0 Å². The number of nitrogen functional groups attached to an aromatic ring is 3. The second kappa shape index (κ2) is 5.73. The minimum atomic E-state index is -0.247. The van der Waals surface area contributed by atoms with E-state index in [0.717, 1.165) is 30.5 Å². The van der Waals surface area contributed by atoms with Crippen molar-refractivity contribution in [2.24, 2.45) is 0 Å². The number of nitrogens with zero attached hydrogens (tertiary/aromatic N) is 4. The number of halogens is 1. The van der Waals surface area contributed by atoms with E-state index in [0.29, 0.717) is 23.6 Å². The van der Waals surface area contributed by atoms with Gasteiger partial charge in [0.15, 0.2) is 17.5 Å². The van der Waals surface area contributed by atoms with Crippen molar-refractivity contribution in [3.63, 3.8) is 0 Å². The molecule has 2 heterocycles. The summed E-state index contributed by atoms with van der Waals surface area (Å²) in [6.45, 7) is 0.356. The van der Waals surface area contributed by atoms with Crippen LogP contribution in [0, 0.1) is 5.82 Å². The molecule has 0 radical (unpaired) electrons. The molecule has 1 aliphatic rings. The zero-order chi connectivity index (χ0) is 17.6. The Kier molecular flexibility index (Phi) is 3.52. The van der Waals surface area contributed by atoms with E-state index >= 15 is 0 Å². The summed E-state index contributed by atoms with van der Waals surface area (Å²) in [6.07, 6.45) is 2.77. The van der Waals surface area contributed by atoms with Gasteiger partial charge < -0.3 is 17.2 Å². The van der Waals surface area contributed by atoms with E-state index in [-0.39, 0.29) is 23.1 Å². The third-order valence-corrected chi connectivity index (χ3v) is 4.50. The van der Waals surface area contributed by atoms with Gasteiger partial charge in [-0.3, -0.25) is 4.68 Å². The summed E-state index contributed by atoms with van der Waals surface area (Å²) < 4.78 is 15.8. The molecule has 0 saturated heterocycles. The topological polar surface area (TPSA) is 122 Å². The first-order valence-corrected chi connectivity index (χ1v) is 8.05. The zero-order valence-corrected chi connectivity index (χ0v) is 13.5. The van der Waals surface area contributed by atoms with Crippen LogP contribution in [0.3, 0.4) is 0 Å². The standard InChI is InChI=1S/C17H18FN7/c18-11-6-2-1-4-9(11)8-25-12-7-3-5-10(12)14(24-25)17-22-15(20)13(19)16(21)23-17/h1-2,4,6H,3,5,7-8,19H2,(H4,20,21,22,23). The van der Waals surface area contributed by atoms with E-state index in [1.165, 1.54) is 6.07 Å². The summed E-state index contributed by atoms with van der Waals surface area (Å²) in [5.41, 5.74) is 20.9. The van der Waals surface area contributed by atoms with Crippen molar-refractivity contribution in [3.05, 3.63) is 46.9 Å². The largest absolute Gasteiger partial charge is 0.393 e. The predicted molar refractivity (Wildman–Crippen MR) is 94.0 cm³/mol. The molecule has 1 aliphatic carbocycles. The Bertz CT molecular complexity index is 941. The number of benzene rings is 1. The van der Waals surface area contributed by atoms with Crippen molar-refractivity contribution in [1.29, 1.82) is 0 Å². The predicted octanol–water partition coefficient (Wildman–Crippen LogP) is 1.76. The van der Waals surface area contributed by atoms with Gasteiger partial charge in [-0.05, 0) is 25.3 Å². The summed E-state index contributed by atoms with van der Waals surface area (Å²) in [5, 5.41) is 4.62. The Morgan fingerprint density at radius 1 is 1.04 bits per heavy atom. The molecule has 0 amide bonds. The van der Waals surface area contributed by atoms with Crippen LogP contribution in [-0.2, 0) is 19.4 Å². The quantitative estimate of drug-likeness (QED) is 0.668. The van der Waals surface area contributed by atoms with Crippen molar-refractivity contribution in [2.75, 3.05) is 17.2 Å². The second-order valence-corrected chi connectivity index (χ2v) is 6.11. The molecule has 128 valence electrons. The van der Waals surface area contributed by atoms with Crippen LogP contribution >= 0.6 is 0 Å². The molecule has 0 spiro atoms. The second-order valence-electron chi connectivity index (χ2n) is 6.11. The monoisotopic (exact) mass is 339 g/mol. The molecule has 4 rings (SSSR count). The minimum Gasteiger partial charge on any atom is -0.393 e. The number of anilines is 3. The highest BCUT2D eigenvalue weighted by Gasteiger charge is 2.26. The Balaban J connectivity index is 1.80. The lowest BCUT2D eigenvalue weighted by Gasteiger charge is -2.07. The van der Waals surface area contributed by atoms with Gasteiger partial charge in [-0.25, -0.2) is 14.4 Å². The maximum absolute atomic E-state index is 14.0. The van der Waals surface area contributed by atoms with Gasteiger partial charge in [0.25, 0.3) is 0 Å². The zero-order valence-electron chi connectivity index (χ0n) is 13.5. The van der Waals surface area contributed by atoms with Gasteiger partial charge in [-0.15, -0.1) is 0 Å². The summed E-state index contributed by atoms with van der Waals surface area (Å²) >= 11 is 0. The van der Waals surface area contributed by atoms with E-state index in [4.69, 9.17) is 17.2 Å². The highest BCUT2D eigenvalue weighted by Crippen LogP contribution is 2.32. The number of nitrogens with two attached hydrogens (primary N) is 3. The molecule has 8 heteroatoms. The van der Waals surface area contributed by atoms with Gasteiger partial charge in [0, 0.05) is 16.8 Å². The van der Waals surface area contributed by atoms with Gasteiger partial charge in [-0.1, -0.05) is 18.2 Å². The number of aromatic nitrogens is 4. The number of rotatable bonds is 3. The first-order valence-electron chi connectivity index (χ1n) is 8.05. The molecule has 25 heavy (non-hydrogen) atoms. The maximum Gasteiger partial charge on any atom is 0.184 e. The molecule has 0 fully saturated rings. The first-order chi connectivity index (χ1) is 12.0. The van der Waals surface area contributed by atoms with Crippen molar-refractivity contribution < 1.29 is 4.39 Å². The maximum atomic E-state index is 14.0. The third-order valence-electron chi connectivity index (χ3n) is 4.50. The van der Waals surface area contributed by atoms with Crippen molar-refractivity contribution in [3.8, 4) is 11.5 Å². The molecule has 7 nitrogen and oxygen atoms in total. The summed E-state index contributed by atoms with van der Waals surface area (Å²) in [5.74, 6) is 0.383. The van der Waals surface area contributed by atoms with E-state index in [1.54, 1.807) is 12.1 Å². The first kappa shape index (κ1) is 15.4. The van der Waals surface area contributed by atoms with Gasteiger partial charge in [0.1, 0.15) is 17.2 Å². The van der Waals surface area contributed by atoms with Crippen LogP contribution < -0.4 is 17.2 Å². The molecule has 2 aromatic heterocycles. The lowest BCUT2D eigenvalue weighted by atomic mass is 10.2. The van der Waals surface area contributed by atoms with Crippen LogP contribution in [0.4, 0.5) is 21.7 Å². The summed E-state index contributed by atoms with van der Waals surface area (Å²) in [7, 11) is 0. The van der Waals surface area contributed by atoms with Crippen LogP contribution in [0.2, 0.25) is 0 Å². The normalized spacial score (nSPS) is 13.2. The van der Waals surface area contributed by atoms with E-state index < -0.39 is 0 Å². The molecule has 0 bridgehead atoms. The van der Waals surface area contributed by atoms with Crippen LogP contribution in [-0.4, -0.2) is 19.7 Å². The van der Waals surface area contributed by atoms with Gasteiger partial charge in [-0.2, -0.15) is 5.10 Å². The Hall–Kier alpha value is -3.16. The molecule has 3 aromatic rings. The van der Waals surface area contributed by atoms with Gasteiger partial charge >= 0.3 is 0 Å². The Morgan fingerprint density at radius 2 is 1.76 bits per heavy atom. The van der Waals surface area contributed by atoms with Crippen LogP contribution in [0.25, 0.3) is 11.5 Å². The Labute approximate surface area is 143 Å². The summed E-state index contributed by atoms with van der Waals surface area (Å²) in [6, 6.07) is 6.69. The van der Waals surface area contributed by atoms with Gasteiger partial charge in [0.05, 0.1) is 6.54 Å². The average molecular weight is 339 g/mol. The third kappa shape index (κ3) is 2.55. The van der Waals surface area contributed by atoms with Crippen LogP contribution in [0.1, 0.15) is 23.2 Å². The number of fused-ring (bicyclic) bond motifs is 1. The van der Waals surface area contributed by atoms with E-state index in [1.807, 2.05) is 10.7 Å². The molecular formula is C17H18FN7. The fourth-order valence-corrected chi connectivity index (χ4v) is 3.22. The molecule has 6 N–H and O–H groups in total. The molecule has 0 unspecified atom stereocenters. The smallest absolute Gasteiger partial charge is 0.184 e. The van der Waals surface area contributed by atoms with Crippen molar-refractivity contribution >= 4 is 17.3 Å². The lowest BCUT2D eigenvalue weighted by molar-refractivity contribution is 0.576. The number of hydrogen-bond acceptors (Lipinski definition) is 6. The Morgan fingerprint density at radius 3 is 2.48 bits per heavy atom. The fraction of sp³-hybridized carbons (Fsp3) is 0.235. The van der Waals surface area contributed by atoms with E-state index in [2.05, 4.69) is 15.1 Å². The van der Waals surface area contributed by atoms with Crippen LogP contribution in [0.15, 0.2) is 24.3 Å². The number of hydrogen-bond donors (Lipinski definition) is 3. The highest BCUT2D eigenvalue weighted by atomic mass is 19.1. The van der Waals surface area contributed by atoms with E-state index in [9.17, 15) is 4.39 Å². The van der Waals surface area contributed by atoms with Crippen molar-refractivity contribution in [2.45, 2.75) is 25.8 Å². The minimum absolute atomic E-state index is 0.137. The summed E-state index contributed by atoms with van der Waals surface area (Å²) in [4.78, 5) is 8.46. The lowest BCUT2D eigenvalue weighted by Crippen LogP contribution is -2.08. The fourth-order valence-electron chi connectivity index (χ4n) is 3.22. The molecule has 0 aliphatic heterocycles.